The van der Waals surface area contributed by atoms with Gasteiger partial charge < -0.3 is 10.4 Å². The first-order valence-corrected chi connectivity index (χ1v) is 12.3. The van der Waals surface area contributed by atoms with E-state index >= 15 is 0 Å². The zero-order valence-corrected chi connectivity index (χ0v) is 20.8. The van der Waals surface area contributed by atoms with Crippen LogP contribution >= 0.6 is 24.0 Å². The first-order valence-electron chi connectivity index (χ1n) is 11.1. The smallest absolute Gasteiger partial charge is 0.267 e. The molecule has 2 atom stereocenters. The van der Waals surface area contributed by atoms with Crippen LogP contribution in [0.5, 0.6) is 0 Å². The Morgan fingerprint density at radius 3 is 2.65 bits per heavy atom. The van der Waals surface area contributed by atoms with Gasteiger partial charge in [-0.25, -0.2) is 4.98 Å². The summed E-state index contributed by atoms with van der Waals surface area (Å²) in [7, 11) is 0. The quantitative estimate of drug-likeness (QED) is 0.377. The number of aromatic nitrogens is 2. The maximum atomic E-state index is 13.5. The van der Waals surface area contributed by atoms with Crippen LogP contribution in [0.25, 0.3) is 11.7 Å². The first-order chi connectivity index (χ1) is 16.3. The van der Waals surface area contributed by atoms with Gasteiger partial charge in [0.05, 0.1) is 16.6 Å². The molecule has 1 saturated heterocycles. The fraction of sp³-hybridized carbons (Fsp3) is 0.280. The van der Waals surface area contributed by atoms with Gasteiger partial charge in [-0.05, 0) is 43.5 Å². The molecule has 1 aliphatic heterocycles. The van der Waals surface area contributed by atoms with Gasteiger partial charge in [0.15, 0.2) is 0 Å². The SMILES string of the molecule is CCC(C)N1C(=O)C(=Cc2c(NCC(O)c3ccccc3)nc3c(C)cccn3c2=O)SC1=S. The van der Waals surface area contributed by atoms with E-state index in [0.29, 0.717) is 20.7 Å². The number of fused-ring (bicyclic) bond motifs is 1. The van der Waals surface area contributed by atoms with Crippen LogP contribution in [0.2, 0.25) is 0 Å². The molecule has 1 amide bonds. The van der Waals surface area contributed by atoms with Crippen molar-refractivity contribution in [1.82, 2.24) is 14.3 Å². The summed E-state index contributed by atoms with van der Waals surface area (Å²) < 4.78 is 1.94. The minimum absolute atomic E-state index is 0.0320. The van der Waals surface area contributed by atoms with Crippen LogP contribution in [0.4, 0.5) is 5.82 Å². The number of carbonyl (C=O) groups is 1. The van der Waals surface area contributed by atoms with Crippen LogP contribution in [0, 0.1) is 6.92 Å². The summed E-state index contributed by atoms with van der Waals surface area (Å²) in [5, 5.41) is 13.8. The number of hydrogen-bond acceptors (Lipinski definition) is 7. The molecule has 0 bridgehead atoms. The number of carbonyl (C=O) groups excluding carboxylic acids is 1. The molecule has 1 aliphatic rings. The van der Waals surface area contributed by atoms with Crippen molar-refractivity contribution in [2.45, 2.75) is 39.3 Å². The molecule has 0 saturated carbocycles. The number of amides is 1. The van der Waals surface area contributed by atoms with E-state index in [-0.39, 0.29) is 29.6 Å². The summed E-state index contributed by atoms with van der Waals surface area (Å²) in [6.07, 6.45) is 3.18. The molecular formula is C25H26N4O3S2. The Balaban J connectivity index is 1.77. The molecule has 7 nitrogen and oxygen atoms in total. The van der Waals surface area contributed by atoms with Gasteiger partial charge in [-0.2, -0.15) is 0 Å². The highest BCUT2D eigenvalue weighted by molar-refractivity contribution is 8.26. The van der Waals surface area contributed by atoms with E-state index in [4.69, 9.17) is 12.2 Å². The van der Waals surface area contributed by atoms with Gasteiger partial charge >= 0.3 is 0 Å². The van der Waals surface area contributed by atoms with Gasteiger partial charge in [0.2, 0.25) is 0 Å². The Hall–Kier alpha value is -3.01. The average molecular weight is 495 g/mol. The van der Waals surface area contributed by atoms with E-state index in [1.165, 1.54) is 16.2 Å². The van der Waals surface area contributed by atoms with Crippen LogP contribution in [0.3, 0.4) is 0 Å². The number of thiocarbonyl (C=S) groups is 1. The lowest BCUT2D eigenvalue weighted by Gasteiger charge is -2.21. The Morgan fingerprint density at radius 1 is 1.21 bits per heavy atom. The molecular weight excluding hydrogens is 468 g/mol. The molecule has 0 radical (unpaired) electrons. The van der Waals surface area contributed by atoms with Crippen LogP contribution in [0.15, 0.2) is 58.4 Å². The highest BCUT2D eigenvalue weighted by Gasteiger charge is 2.35. The maximum absolute atomic E-state index is 13.5. The number of rotatable bonds is 7. The second-order valence-electron chi connectivity index (χ2n) is 8.18. The third-order valence-electron chi connectivity index (χ3n) is 5.86. The number of benzene rings is 1. The zero-order valence-electron chi connectivity index (χ0n) is 19.2. The predicted octanol–water partition coefficient (Wildman–Crippen LogP) is 4.15. The number of aliphatic hydroxyl groups is 1. The van der Waals surface area contributed by atoms with Crippen molar-refractivity contribution < 1.29 is 9.90 Å². The number of anilines is 1. The molecule has 9 heteroatoms. The fourth-order valence-electron chi connectivity index (χ4n) is 3.74. The average Bonchev–Trinajstić information content (AvgIpc) is 3.12. The minimum atomic E-state index is -0.796. The van der Waals surface area contributed by atoms with E-state index in [9.17, 15) is 14.7 Å². The van der Waals surface area contributed by atoms with Gasteiger partial charge in [-0.15, -0.1) is 0 Å². The molecule has 1 aromatic carbocycles. The Bertz CT molecular complexity index is 1340. The summed E-state index contributed by atoms with van der Waals surface area (Å²) in [6.45, 7) is 5.96. The van der Waals surface area contributed by atoms with Crippen LogP contribution in [-0.4, -0.2) is 42.2 Å². The molecule has 0 spiro atoms. The molecule has 0 aliphatic carbocycles. The van der Waals surface area contributed by atoms with Crippen molar-refractivity contribution >= 4 is 51.7 Å². The molecule has 4 rings (SSSR count). The number of hydrogen-bond donors (Lipinski definition) is 2. The second kappa shape index (κ2) is 10.1. The van der Waals surface area contributed by atoms with Crippen molar-refractivity contribution in [3.05, 3.63) is 80.6 Å². The summed E-state index contributed by atoms with van der Waals surface area (Å²) in [6, 6.07) is 12.9. The van der Waals surface area contributed by atoms with E-state index < -0.39 is 6.10 Å². The lowest BCUT2D eigenvalue weighted by atomic mass is 10.1. The Kier molecular flexibility index (Phi) is 7.16. The van der Waals surface area contributed by atoms with Crippen molar-refractivity contribution in [2.24, 2.45) is 0 Å². The summed E-state index contributed by atoms with van der Waals surface area (Å²) in [4.78, 5) is 33.2. The topological polar surface area (TPSA) is 86.9 Å². The Labute approximate surface area is 207 Å². The van der Waals surface area contributed by atoms with E-state index in [0.717, 1.165) is 17.5 Å². The van der Waals surface area contributed by atoms with E-state index in [1.807, 2.05) is 57.2 Å². The van der Waals surface area contributed by atoms with Gasteiger partial charge in [0, 0.05) is 18.8 Å². The van der Waals surface area contributed by atoms with Crippen LogP contribution < -0.4 is 10.9 Å². The van der Waals surface area contributed by atoms with Gasteiger partial charge in [-0.3, -0.25) is 18.9 Å². The third-order valence-corrected chi connectivity index (χ3v) is 7.19. The van der Waals surface area contributed by atoms with Crippen LogP contribution in [-0.2, 0) is 4.79 Å². The molecule has 3 aromatic rings. The molecule has 176 valence electrons. The van der Waals surface area contributed by atoms with Crippen molar-refractivity contribution in [2.75, 3.05) is 11.9 Å². The van der Waals surface area contributed by atoms with Crippen LogP contribution in [0.1, 0.15) is 43.1 Å². The molecule has 2 N–H and O–H groups in total. The largest absolute Gasteiger partial charge is 0.387 e. The standard InChI is InChI=1S/C25H26N4O3S2/c1-4-16(3)29-24(32)20(34-25(29)33)13-18-21(26-14-19(30)17-10-6-5-7-11-17)27-22-15(2)9-8-12-28(22)23(18)31/h5-13,16,19,26,30H,4,14H2,1-3H3. The summed E-state index contributed by atoms with van der Waals surface area (Å²) in [5.41, 5.74) is 2.03. The number of aryl methyl sites for hydroxylation is 1. The lowest BCUT2D eigenvalue weighted by Crippen LogP contribution is -2.36. The molecule has 34 heavy (non-hydrogen) atoms. The normalized spacial score (nSPS) is 16.9. The summed E-state index contributed by atoms with van der Waals surface area (Å²) in [5.74, 6) is 0.0939. The first kappa shape index (κ1) is 24.1. The third kappa shape index (κ3) is 4.64. The summed E-state index contributed by atoms with van der Waals surface area (Å²) >= 11 is 6.62. The van der Waals surface area contributed by atoms with E-state index in [1.54, 1.807) is 23.2 Å². The van der Waals surface area contributed by atoms with Crippen molar-refractivity contribution in [3.63, 3.8) is 0 Å². The second-order valence-corrected chi connectivity index (χ2v) is 9.86. The van der Waals surface area contributed by atoms with Crippen molar-refractivity contribution in [1.29, 1.82) is 0 Å². The molecule has 1 fully saturated rings. The number of pyridine rings is 1. The predicted molar refractivity (Wildman–Crippen MR) is 141 cm³/mol. The lowest BCUT2D eigenvalue weighted by molar-refractivity contribution is -0.123. The van der Waals surface area contributed by atoms with Gasteiger partial charge in [0.25, 0.3) is 11.5 Å². The van der Waals surface area contributed by atoms with Gasteiger partial charge in [0.1, 0.15) is 15.8 Å². The fourth-order valence-corrected chi connectivity index (χ4v) is 5.18. The number of thioether (sulfide) groups is 1. The van der Waals surface area contributed by atoms with Gasteiger partial charge in [-0.1, -0.05) is 67.3 Å². The number of nitrogens with zero attached hydrogens (tertiary/aromatic N) is 3. The maximum Gasteiger partial charge on any atom is 0.267 e. The minimum Gasteiger partial charge on any atom is -0.387 e. The number of aliphatic hydroxyl groups excluding tert-OH is 1. The molecule has 2 aromatic heterocycles. The molecule has 3 heterocycles. The monoisotopic (exact) mass is 494 g/mol. The van der Waals surface area contributed by atoms with Crippen molar-refractivity contribution in [3.8, 4) is 0 Å². The highest BCUT2D eigenvalue weighted by atomic mass is 32.2. The molecule has 2 unspecified atom stereocenters. The zero-order chi connectivity index (χ0) is 24.4. The van der Waals surface area contributed by atoms with E-state index in [2.05, 4.69) is 10.3 Å². The highest BCUT2D eigenvalue weighted by Crippen LogP contribution is 2.35. The number of nitrogens with one attached hydrogen (secondary N) is 1. The Morgan fingerprint density at radius 2 is 1.94 bits per heavy atom.